The smallest absolute Gasteiger partial charge is 0.0935 e. The molecule has 1 atom stereocenters. The van der Waals surface area contributed by atoms with E-state index in [0.29, 0.717) is 0 Å². The van der Waals surface area contributed by atoms with Crippen molar-refractivity contribution in [3.63, 3.8) is 0 Å². The molecule has 0 saturated carbocycles. The Hall–Kier alpha value is -1.53. The van der Waals surface area contributed by atoms with E-state index in [1.54, 1.807) is 23.7 Å². The SMILES string of the molecule is NNC(Cc1ccc(Cl)s1)c1cccc2nccnc12. The number of nitrogens with two attached hydrogens (primary N) is 1. The van der Waals surface area contributed by atoms with Crippen molar-refractivity contribution in [2.75, 3.05) is 0 Å². The Morgan fingerprint density at radius 1 is 1.20 bits per heavy atom. The molecule has 0 fully saturated rings. The maximum Gasteiger partial charge on any atom is 0.0935 e. The molecule has 4 nitrogen and oxygen atoms in total. The molecule has 1 aromatic carbocycles. The molecule has 2 aromatic heterocycles. The Morgan fingerprint density at radius 3 is 2.80 bits per heavy atom. The van der Waals surface area contributed by atoms with Crippen LogP contribution in [0, 0.1) is 0 Å². The van der Waals surface area contributed by atoms with Crippen LogP contribution in [0.1, 0.15) is 16.5 Å². The summed E-state index contributed by atoms with van der Waals surface area (Å²) >= 11 is 7.54. The molecule has 0 aliphatic heterocycles. The Kier molecular flexibility index (Phi) is 3.93. The number of hydrazine groups is 1. The van der Waals surface area contributed by atoms with E-state index in [2.05, 4.69) is 15.4 Å². The number of thiophene rings is 1. The zero-order chi connectivity index (χ0) is 13.9. The molecule has 20 heavy (non-hydrogen) atoms. The summed E-state index contributed by atoms with van der Waals surface area (Å²) in [4.78, 5) is 9.92. The lowest BCUT2D eigenvalue weighted by Gasteiger charge is -2.16. The standard InChI is InChI=1S/C14H13ClN4S/c15-13-5-4-9(20-13)8-12(19-16)10-2-1-3-11-14(10)18-7-6-17-11/h1-7,12,19H,8,16H2. The molecule has 0 saturated heterocycles. The quantitative estimate of drug-likeness (QED) is 0.574. The van der Waals surface area contributed by atoms with Crippen LogP contribution in [0.15, 0.2) is 42.7 Å². The second-order valence-corrected chi connectivity index (χ2v) is 6.20. The number of fused-ring (bicyclic) bond motifs is 1. The van der Waals surface area contributed by atoms with Gasteiger partial charge in [-0.2, -0.15) is 0 Å². The number of aromatic nitrogens is 2. The monoisotopic (exact) mass is 304 g/mol. The molecule has 0 aliphatic rings. The van der Waals surface area contributed by atoms with E-state index in [1.165, 1.54) is 4.88 Å². The number of para-hydroxylation sites is 1. The van der Waals surface area contributed by atoms with E-state index < -0.39 is 0 Å². The van der Waals surface area contributed by atoms with Gasteiger partial charge < -0.3 is 0 Å². The number of nitrogens with zero attached hydrogens (tertiary/aromatic N) is 2. The zero-order valence-corrected chi connectivity index (χ0v) is 12.2. The number of benzene rings is 1. The van der Waals surface area contributed by atoms with Gasteiger partial charge in [-0.05, 0) is 23.8 Å². The van der Waals surface area contributed by atoms with Gasteiger partial charge in [0.15, 0.2) is 0 Å². The highest BCUT2D eigenvalue weighted by Crippen LogP contribution is 2.28. The average Bonchev–Trinajstić information content (AvgIpc) is 2.89. The molecule has 3 rings (SSSR count). The van der Waals surface area contributed by atoms with E-state index in [1.807, 2.05) is 30.3 Å². The van der Waals surface area contributed by atoms with Crippen molar-refractivity contribution in [2.24, 2.45) is 5.84 Å². The molecule has 6 heteroatoms. The lowest BCUT2D eigenvalue weighted by Crippen LogP contribution is -2.29. The van der Waals surface area contributed by atoms with Crippen LogP contribution in [0.2, 0.25) is 4.34 Å². The minimum atomic E-state index is -0.0230. The summed E-state index contributed by atoms with van der Waals surface area (Å²) < 4.78 is 0.786. The van der Waals surface area contributed by atoms with Crippen LogP contribution in [0.5, 0.6) is 0 Å². The Balaban J connectivity index is 1.98. The van der Waals surface area contributed by atoms with E-state index in [9.17, 15) is 0 Å². The van der Waals surface area contributed by atoms with Gasteiger partial charge in [0.05, 0.1) is 21.4 Å². The highest BCUT2D eigenvalue weighted by atomic mass is 35.5. The first-order valence-electron chi connectivity index (χ1n) is 6.18. The molecule has 0 radical (unpaired) electrons. The van der Waals surface area contributed by atoms with E-state index in [4.69, 9.17) is 17.4 Å². The molecular formula is C14H13ClN4S. The third-order valence-electron chi connectivity index (χ3n) is 3.14. The first kappa shape index (κ1) is 13.5. The van der Waals surface area contributed by atoms with Crippen LogP contribution < -0.4 is 11.3 Å². The third-order valence-corrected chi connectivity index (χ3v) is 4.39. The predicted molar refractivity (Wildman–Crippen MR) is 82.6 cm³/mol. The van der Waals surface area contributed by atoms with Gasteiger partial charge in [0.25, 0.3) is 0 Å². The molecule has 3 N–H and O–H groups in total. The molecule has 0 spiro atoms. The summed E-state index contributed by atoms with van der Waals surface area (Å²) in [6.45, 7) is 0. The normalized spacial score (nSPS) is 12.7. The highest BCUT2D eigenvalue weighted by molar-refractivity contribution is 7.16. The first-order valence-corrected chi connectivity index (χ1v) is 7.37. The van der Waals surface area contributed by atoms with Crippen molar-refractivity contribution in [1.82, 2.24) is 15.4 Å². The van der Waals surface area contributed by atoms with E-state index in [0.717, 1.165) is 27.4 Å². The molecule has 2 heterocycles. The van der Waals surface area contributed by atoms with Gasteiger partial charge in [-0.25, -0.2) is 0 Å². The van der Waals surface area contributed by atoms with Gasteiger partial charge in [0.1, 0.15) is 0 Å². The summed E-state index contributed by atoms with van der Waals surface area (Å²) in [5.74, 6) is 5.72. The average molecular weight is 305 g/mol. The summed E-state index contributed by atoms with van der Waals surface area (Å²) in [6.07, 6.45) is 4.15. The van der Waals surface area contributed by atoms with Crippen LogP contribution in [0.4, 0.5) is 0 Å². The molecule has 0 aliphatic carbocycles. The summed E-state index contributed by atoms with van der Waals surface area (Å²) in [5, 5.41) is 0. The van der Waals surface area contributed by atoms with Crippen LogP contribution in [0.3, 0.4) is 0 Å². The summed E-state index contributed by atoms with van der Waals surface area (Å²) in [7, 11) is 0. The molecule has 102 valence electrons. The van der Waals surface area contributed by atoms with Crippen molar-refractivity contribution in [3.8, 4) is 0 Å². The number of nitrogens with one attached hydrogen (secondary N) is 1. The molecule has 0 amide bonds. The first-order chi connectivity index (χ1) is 9.78. The highest BCUT2D eigenvalue weighted by Gasteiger charge is 2.15. The number of rotatable bonds is 4. The number of halogens is 1. The Labute approximate surface area is 125 Å². The maximum atomic E-state index is 5.97. The van der Waals surface area contributed by atoms with Crippen molar-refractivity contribution in [2.45, 2.75) is 12.5 Å². The van der Waals surface area contributed by atoms with E-state index >= 15 is 0 Å². The third kappa shape index (κ3) is 2.66. The minimum Gasteiger partial charge on any atom is -0.271 e. The fourth-order valence-corrected chi connectivity index (χ4v) is 3.35. The lowest BCUT2D eigenvalue weighted by atomic mass is 10.0. The Bertz CT molecular complexity index is 723. The number of hydrogen-bond acceptors (Lipinski definition) is 5. The second-order valence-electron chi connectivity index (χ2n) is 4.40. The molecule has 3 aromatic rings. The topological polar surface area (TPSA) is 63.8 Å². The van der Waals surface area contributed by atoms with Crippen LogP contribution in [-0.4, -0.2) is 9.97 Å². The van der Waals surface area contributed by atoms with Crippen LogP contribution >= 0.6 is 22.9 Å². The molecule has 0 bridgehead atoms. The van der Waals surface area contributed by atoms with Gasteiger partial charge in [0, 0.05) is 23.7 Å². The zero-order valence-electron chi connectivity index (χ0n) is 10.6. The molecule has 1 unspecified atom stereocenters. The van der Waals surface area contributed by atoms with E-state index in [-0.39, 0.29) is 6.04 Å². The lowest BCUT2D eigenvalue weighted by molar-refractivity contribution is 0.558. The summed E-state index contributed by atoms with van der Waals surface area (Å²) in [5.41, 5.74) is 5.65. The fraction of sp³-hybridized carbons (Fsp3) is 0.143. The maximum absolute atomic E-state index is 5.97. The fourth-order valence-electron chi connectivity index (χ4n) is 2.22. The largest absolute Gasteiger partial charge is 0.271 e. The summed E-state index contributed by atoms with van der Waals surface area (Å²) in [6, 6.07) is 9.84. The van der Waals surface area contributed by atoms with Gasteiger partial charge in [0.2, 0.25) is 0 Å². The van der Waals surface area contributed by atoms with Crippen LogP contribution in [0.25, 0.3) is 11.0 Å². The van der Waals surface area contributed by atoms with Gasteiger partial charge >= 0.3 is 0 Å². The van der Waals surface area contributed by atoms with Crippen molar-refractivity contribution in [3.05, 3.63) is 57.5 Å². The van der Waals surface area contributed by atoms with Gasteiger partial charge in [-0.3, -0.25) is 21.2 Å². The second kappa shape index (κ2) is 5.85. The van der Waals surface area contributed by atoms with Crippen molar-refractivity contribution < 1.29 is 0 Å². The number of hydrogen-bond donors (Lipinski definition) is 2. The van der Waals surface area contributed by atoms with Crippen molar-refractivity contribution in [1.29, 1.82) is 0 Å². The predicted octanol–water partition coefficient (Wildman–Crippen LogP) is 3.09. The van der Waals surface area contributed by atoms with Gasteiger partial charge in [-0.1, -0.05) is 23.7 Å². The van der Waals surface area contributed by atoms with Gasteiger partial charge in [-0.15, -0.1) is 11.3 Å². The minimum absolute atomic E-state index is 0.0230. The van der Waals surface area contributed by atoms with Crippen molar-refractivity contribution >= 4 is 34.0 Å². The van der Waals surface area contributed by atoms with Crippen LogP contribution in [-0.2, 0) is 6.42 Å². The Morgan fingerprint density at radius 2 is 2.05 bits per heavy atom. The molecular weight excluding hydrogens is 292 g/mol.